The molecule has 1 N–H and O–H groups in total. The van der Waals surface area contributed by atoms with Gasteiger partial charge in [0.2, 0.25) is 0 Å². The molecule has 6 nitrogen and oxygen atoms in total. The number of nitrogens with one attached hydrogen (secondary N) is 1. The Morgan fingerprint density at radius 2 is 1.68 bits per heavy atom. The second-order valence-electron chi connectivity index (χ2n) is 4.81. The number of para-hydroxylation sites is 1. The second-order valence-corrected chi connectivity index (χ2v) is 5.68. The molecule has 2 rings (SSSR count). The maximum Gasteiger partial charge on any atom is 0.338 e. The average molecular weight is 382 g/mol. The first-order valence-corrected chi connectivity index (χ1v) is 7.76. The Balaban J connectivity index is 1.94. The smallest absolute Gasteiger partial charge is 0.338 e. The third-order valence-corrected chi connectivity index (χ3v) is 3.47. The standard InChI is InChI=1S/C17H13Cl2NO5/c1-24-14-5-3-2-4-13(14)16(22)20-15(21)9-25-17(23)10-6-11(18)8-12(19)7-10/h2-8H,9H2,1H3,(H,20,21,22). The van der Waals surface area contributed by atoms with Crippen molar-refractivity contribution in [1.29, 1.82) is 0 Å². The molecule has 8 heteroatoms. The average Bonchev–Trinajstić information content (AvgIpc) is 2.58. The van der Waals surface area contributed by atoms with Gasteiger partial charge in [-0.25, -0.2) is 4.79 Å². The Kier molecular flexibility index (Phi) is 6.38. The summed E-state index contributed by atoms with van der Waals surface area (Å²) in [6.07, 6.45) is 0. The molecule has 0 aromatic heterocycles. The van der Waals surface area contributed by atoms with Gasteiger partial charge in [0.05, 0.1) is 18.2 Å². The molecule has 0 heterocycles. The summed E-state index contributed by atoms with van der Waals surface area (Å²) in [5.74, 6) is -1.91. The molecule has 0 aliphatic rings. The molecule has 2 aromatic rings. The monoisotopic (exact) mass is 381 g/mol. The van der Waals surface area contributed by atoms with Crippen LogP contribution in [0.4, 0.5) is 0 Å². The number of halogens is 2. The molecule has 0 bridgehead atoms. The lowest BCUT2D eigenvalue weighted by molar-refractivity contribution is -0.123. The summed E-state index contributed by atoms with van der Waals surface area (Å²) in [5, 5.41) is 2.63. The zero-order chi connectivity index (χ0) is 18.4. The number of hydrogen-bond donors (Lipinski definition) is 1. The van der Waals surface area contributed by atoms with Gasteiger partial charge in [-0.15, -0.1) is 0 Å². The fraction of sp³-hybridized carbons (Fsp3) is 0.118. The van der Waals surface area contributed by atoms with Gasteiger partial charge in [0.1, 0.15) is 5.75 Å². The topological polar surface area (TPSA) is 81.7 Å². The number of amides is 2. The van der Waals surface area contributed by atoms with Crippen LogP contribution < -0.4 is 10.1 Å². The summed E-state index contributed by atoms with van der Waals surface area (Å²) >= 11 is 11.6. The fourth-order valence-electron chi connectivity index (χ4n) is 1.95. The lowest BCUT2D eigenvalue weighted by atomic mass is 10.2. The van der Waals surface area contributed by atoms with E-state index in [1.807, 2.05) is 0 Å². The van der Waals surface area contributed by atoms with Crippen molar-refractivity contribution in [2.75, 3.05) is 13.7 Å². The van der Waals surface area contributed by atoms with Crippen molar-refractivity contribution in [1.82, 2.24) is 5.32 Å². The maximum atomic E-state index is 12.1. The highest BCUT2D eigenvalue weighted by molar-refractivity contribution is 6.35. The Morgan fingerprint density at radius 3 is 2.32 bits per heavy atom. The first kappa shape index (κ1) is 18.8. The highest BCUT2D eigenvalue weighted by Crippen LogP contribution is 2.19. The van der Waals surface area contributed by atoms with E-state index in [-0.39, 0.29) is 21.2 Å². The number of ether oxygens (including phenoxy) is 2. The molecule has 0 saturated heterocycles. The van der Waals surface area contributed by atoms with E-state index in [0.29, 0.717) is 5.75 Å². The normalized spacial score (nSPS) is 10.0. The van der Waals surface area contributed by atoms with Crippen molar-refractivity contribution in [2.45, 2.75) is 0 Å². The molecule has 2 aromatic carbocycles. The van der Waals surface area contributed by atoms with Gasteiger partial charge in [-0.3, -0.25) is 14.9 Å². The maximum absolute atomic E-state index is 12.1. The van der Waals surface area contributed by atoms with Gasteiger partial charge in [0, 0.05) is 10.0 Å². The third-order valence-electron chi connectivity index (χ3n) is 3.04. The summed E-state index contributed by atoms with van der Waals surface area (Å²) < 4.78 is 9.89. The molecule has 0 aliphatic heterocycles. The number of methoxy groups -OCH3 is 1. The van der Waals surface area contributed by atoms with Crippen molar-refractivity contribution in [3.8, 4) is 5.75 Å². The second kappa shape index (κ2) is 8.50. The third kappa shape index (κ3) is 5.20. The van der Waals surface area contributed by atoms with Gasteiger partial charge in [0.25, 0.3) is 11.8 Å². The van der Waals surface area contributed by atoms with Crippen LogP contribution in [-0.4, -0.2) is 31.5 Å². The van der Waals surface area contributed by atoms with Crippen LogP contribution in [0, 0.1) is 0 Å². The fourth-order valence-corrected chi connectivity index (χ4v) is 2.47. The molecule has 0 atom stereocenters. The number of imide groups is 1. The van der Waals surface area contributed by atoms with E-state index in [9.17, 15) is 14.4 Å². The number of benzene rings is 2. The molecular formula is C17H13Cl2NO5. The van der Waals surface area contributed by atoms with Crippen LogP contribution in [-0.2, 0) is 9.53 Å². The van der Waals surface area contributed by atoms with Gasteiger partial charge in [0.15, 0.2) is 6.61 Å². The van der Waals surface area contributed by atoms with Crippen LogP contribution in [0.3, 0.4) is 0 Å². The molecule has 130 valence electrons. The van der Waals surface area contributed by atoms with Gasteiger partial charge >= 0.3 is 5.97 Å². The first-order valence-electron chi connectivity index (χ1n) is 7.01. The highest BCUT2D eigenvalue weighted by atomic mass is 35.5. The van der Waals surface area contributed by atoms with Gasteiger partial charge in [-0.1, -0.05) is 35.3 Å². The van der Waals surface area contributed by atoms with Gasteiger partial charge in [-0.05, 0) is 30.3 Å². The summed E-state index contributed by atoms with van der Waals surface area (Å²) in [5.41, 5.74) is 0.285. The highest BCUT2D eigenvalue weighted by Gasteiger charge is 2.16. The number of hydrogen-bond acceptors (Lipinski definition) is 5. The van der Waals surface area contributed by atoms with E-state index in [4.69, 9.17) is 32.7 Å². The molecular weight excluding hydrogens is 369 g/mol. The molecule has 0 aliphatic carbocycles. The van der Waals surface area contributed by atoms with Crippen LogP contribution in [0.1, 0.15) is 20.7 Å². The molecule has 25 heavy (non-hydrogen) atoms. The van der Waals surface area contributed by atoms with Crippen LogP contribution in [0.5, 0.6) is 5.75 Å². The zero-order valence-corrected chi connectivity index (χ0v) is 14.6. The van der Waals surface area contributed by atoms with Crippen LogP contribution in [0.25, 0.3) is 0 Å². The van der Waals surface area contributed by atoms with E-state index in [2.05, 4.69) is 5.32 Å². The summed E-state index contributed by atoms with van der Waals surface area (Å²) in [6, 6.07) is 10.6. The number of carbonyl (C=O) groups is 3. The largest absolute Gasteiger partial charge is 0.496 e. The van der Waals surface area contributed by atoms with Gasteiger partial charge in [-0.2, -0.15) is 0 Å². The van der Waals surface area contributed by atoms with Crippen molar-refractivity contribution in [3.05, 3.63) is 63.6 Å². The molecule has 0 fully saturated rings. The number of esters is 1. The van der Waals surface area contributed by atoms with E-state index >= 15 is 0 Å². The van der Waals surface area contributed by atoms with E-state index in [0.717, 1.165) is 0 Å². The predicted octanol–water partition coefficient (Wildman–Crippen LogP) is 3.12. The molecule has 0 unspecified atom stereocenters. The minimum atomic E-state index is -0.788. The van der Waals surface area contributed by atoms with Crippen molar-refractivity contribution >= 4 is 41.0 Å². The lowest BCUT2D eigenvalue weighted by Gasteiger charge is -2.09. The van der Waals surface area contributed by atoms with E-state index in [1.54, 1.807) is 18.2 Å². The number of carbonyl (C=O) groups excluding carboxylic acids is 3. The van der Waals surface area contributed by atoms with Crippen LogP contribution >= 0.6 is 23.2 Å². The predicted molar refractivity (Wildman–Crippen MR) is 92.2 cm³/mol. The molecule has 0 saturated carbocycles. The summed E-state index contributed by atoms with van der Waals surface area (Å²) in [4.78, 5) is 35.7. The van der Waals surface area contributed by atoms with Crippen molar-refractivity contribution < 1.29 is 23.9 Å². The SMILES string of the molecule is COc1ccccc1C(=O)NC(=O)COC(=O)c1cc(Cl)cc(Cl)c1. The molecule has 0 spiro atoms. The van der Waals surface area contributed by atoms with Gasteiger partial charge < -0.3 is 9.47 Å². The Hall–Kier alpha value is -2.57. The van der Waals surface area contributed by atoms with E-state index in [1.165, 1.54) is 31.4 Å². The van der Waals surface area contributed by atoms with Crippen molar-refractivity contribution in [2.24, 2.45) is 0 Å². The quantitative estimate of drug-likeness (QED) is 0.804. The minimum Gasteiger partial charge on any atom is -0.496 e. The molecule has 0 radical (unpaired) electrons. The van der Waals surface area contributed by atoms with Crippen molar-refractivity contribution in [3.63, 3.8) is 0 Å². The Labute approximate surface area is 153 Å². The zero-order valence-electron chi connectivity index (χ0n) is 13.0. The van der Waals surface area contributed by atoms with Crippen LogP contribution in [0.15, 0.2) is 42.5 Å². The number of rotatable bonds is 5. The minimum absolute atomic E-state index is 0.0985. The Morgan fingerprint density at radius 1 is 1.04 bits per heavy atom. The summed E-state index contributed by atoms with van der Waals surface area (Å²) in [6.45, 7) is -0.635. The van der Waals surface area contributed by atoms with E-state index < -0.39 is 24.4 Å². The van der Waals surface area contributed by atoms with Crippen LogP contribution in [0.2, 0.25) is 10.0 Å². The molecule has 2 amide bonds. The Bertz CT molecular complexity index is 802. The summed E-state index contributed by atoms with van der Waals surface area (Å²) in [7, 11) is 1.41. The lowest BCUT2D eigenvalue weighted by Crippen LogP contribution is -2.34. The first-order chi connectivity index (χ1) is 11.9.